The number of anilines is 1. The largest absolute Gasteiger partial charge is 0.396 e. The summed E-state index contributed by atoms with van der Waals surface area (Å²) in [6.07, 6.45) is 2.97. The summed E-state index contributed by atoms with van der Waals surface area (Å²) < 4.78 is 0. The minimum atomic E-state index is -0.658. The second-order valence-electron chi connectivity index (χ2n) is 7.85. The SMILES string of the molecule is C[C@@]12CC[C@@H](C/C1=N\Nc1ccc([N+](=O)[O-])cc1[N+](=O)[O-])[C@@]2(C)CSCCO. The summed E-state index contributed by atoms with van der Waals surface area (Å²) in [5.41, 5.74) is 3.19. The van der Waals surface area contributed by atoms with E-state index >= 15 is 0 Å². The summed E-state index contributed by atoms with van der Waals surface area (Å²) in [4.78, 5) is 20.9. The highest BCUT2D eigenvalue weighted by atomic mass is 32.2. The monoisotopic (exact) mass is 408 g/mol. The zero-order valence-corrected chi connectivity index (χ0v) is 16.7. The Labute approximate surface area is 166 Å². The first kappa shape index (κ1) is 20.5. The Bertz CT molecular complexity index is 832. The maximum absolute atomic E-state index is 11.3. The Balaban J connectivity index is 1.84. The van der Waals surface area contributed by atoms with E-state index in [1.807, 2.05) is 0 Å². The number of nitro groups is 2. The standard InChI is InChI=1S/C18H24N4O5S/c1-17-6-5-12(18(17,2)11-28-8-7-23)9-16(17)20-19-14-4-3-13(21(24)25)10-15(14)22(26)27/h3-4,10,12,19,23H,5-9,11H2,1-2H3/b20-16+/t12-,17+,18+/m0/s1. The summed E-state index contributed by atoms with van der Waals surface area (Å²) in [5.74, 6) is 2.14. The van der Waals surface area contributed by atoms with Crippen LogP contribution in [0, 0.1) is 37.0 Å². The fourth-order valence-corrected chi connectivity index (χ4v) is 5.83. The number of hydrazone groups is 1. The Morgan fingerprint density at radius 2 is 2.07 bits per heavy atom. The Morgan fingerprint density at radius 1 is 1.32 bits per heavy atom. The van der Waals surface area contributed by atoms with Crippen molar-refractivity contribution in [1.82, 2.24) is 0 Å². The zero-order chi connectivity index (χ0) is 20.5. The molecular weight excluding hydrogens is 384 g/mol. The van der Waals surface area contributed by atoms with Gasteiger partial charge >= 0.3 is 5.69 Å². The Morgan fingerprint density at radius 3 is 2.71 bits per heavy atom. The van der Waals surface area contributed by atoms with Gasteiger partial charge in [0.1, 0.15) is 5.69 Å². The van der Waals surface area contributed by atoms with Crippen LogP contribution in [0.15, 0.2) is 23.3 Å². The third-order valence-corrected chi connectivity index (χ3v) is 7.84. The first-order valence-corrected chi connectivity index (χ1v) is 10.3. The summed E-state index contributed by atoms with van der Waals surface area (Å²) in [6.45, 7) is 4.63. The van der Waals surface area contributed by atoms with Gasteiger partial charge in [-0.3, -0.25) is 25.7 Å². The molecule has 2 saturated carbocycles. The molecule has 152 valence electrons. The van der Waals surface area contributed by atoms with Gasteiger partial charge in [-0.05, 0) is 42.4 Å². The molecule has 0 heterocycles. The summed E-state index contributed by atoms with van der Waals surface area (Å²) >= 11 is 1.74. The topological polar surface area (TPSA) is 131 Å². The van der Waals surface area contributed by atoms with E-state index in [4.69, 9.17) is 5.11 Å². The summed E-state index contributed by atoms with van der Waals surface area (Å²) in [5, 5.41) is 35.8. The van der Waals surface area contributed by atoms with Crippen molar-refractivity contribution in [3.05, 3.63) is 38.4 Å². The van der Waals surface area contributed by atoms with Gasteiger partial charge in [0.05, 0.1) is 22.5 Å². The molecule has 2 N–H and O–H groups in total. The Hall–Kier alpha value is -2.20. The molecule has 0 saturated heterocycles. The van der Waals surface area contributed by atoms with Gasteiger partial charge in [0.2, 0.25) is 0 Å². The van der Waals surface area contributed by atoms with E-state index in [2.05, 4.69) is 24.4 Å². The van der Waals surface area contributed by atoms with Crippen molar-refractivity contribution in [3.63, 3.8) is 0 Å². The number of hydrogen-bond acceptors (Lipinski definition) is 8. The normalized spacial score (nSPS) is 30.0. The molecule has 0 aliphatic heterocycles. The maximum atomic E-state index is 11.3. The molecule has 1 aromatic rings. The van der Waals surface area contributed by atoms with Gasteiger partial charge in [-0.2, -0.15) is 16.9 Å². The van der Waals surface area contributed by atoms with Crippen LogP contribution in [0.4, 0.5) is 17.1 Å². The lowest BCUT2D eigenvalue weighted by Gasteiger charge is -2.38. The van der Waals surface area contributed by atoms with Gasteiger partial charge in [0, 0.05) is 22.9 Å². The van der Waals surface area contributed by atoms with Gasteiger partial charge in [0.15, 0.2) is 0 Å². The fourth-order valence-electron chi connectivity index (χ4n) is 4.58. The van der Waals surface area contributed by atoms with Crippen LogP contribution in [0.3, 0.4) is 0 Å². The van der Waals surface area contributed by atoms with Crippen LogP contribution in [0.1, 0.15) is 33.1 Å². The molecule has 2 fully saturated rings. The molecule has 28 heavy (non-hydrogen) atoms. The van der Waals surface area contributed by atoms with E-state index in [-0.39, 0.29) is 34.5 Å². The maximum Gasteiger partial charge on any atom is 0.301 e. The molecule has 3 rings (SSSR count). The lowest BCUT2D eigenvalue weighted by Crippen LogP contribution is -2.37. The second kappa shape index (κ2) is 7.67. The smallest absolute Gasteiger partial charge is 0.301 e. The van der Waals surface area contributed by atoms with Crippen LogP contribution in [-0.2, 0) is 0 Å². The number of rotatable bonds is 8. The molecule has 10 heteroatoms. The molecule has 2 aliphatic carbocycles. The number of fused-ring (bicyclic) bond motifs is 2. The number of hydrogen-bond donors (Lipinski definition) is 2. The molecule has 0 radical (unpaired) electrons. The molecule has 2 aliphatic rings. The van der Waals surface area contributed by atoms with Crippen LogP contribution < -0.4 is 5.43 Å². The van der Waals surface area contributed by atoms with Crippen LogP contribution in [-0.4, -0.2) is 38.8 Å². The van der Waals surface area contributed by atoms with Crippen LogP contribution in [0.5, 0.6) is 0 Å². The third kappa shape index (κ3) is 3.35. The quantitative estimate of drug-likeness (QED) is 0.380. The highest BCUT2D eigenvalue weighted by Gasteiger charge is 2.62. The lowest BCUT2D eigenvalue weighted by molar-refractivity contribution is -0.393. The molecule has 0 amide bonds. The van der Waals surface area contributed by atoms with E-state index in [1.165, 1.54) is 12.1 Å². The molecule has 0 aromatic heterocycles. The van der Waals surface area contributed by atoms with Crippen LogP contribution in [0.2, 0.25) is 0 Å². The van der Waals surface area contributed by atoms with E-state index in [0.29, 0.717) is 11.7 Å². The van der Waals surface area contributed by atoms with E-state index in [9.17, 15) is 20.2 Å². The predicted octanol–water partition coefficient (Wildman–Crippen LogP) is 3.82. The molecular formula is C18H24N4O5S. The molecule has 2 bridgehead atoms. The van der Waals surface area contributed by atoms with Crippen molar-refractivity contribution in [2.45, 2.75) is 33.1 Å². The fraction of sp³-hybridized carbons (Fsp3) is 0.611. The average Bonchev–Trinajstić information content (AvgIpc) is 3.02. The average molecular weight is 408 g/mol. The molecule has 1 aromatic carbocycles. The predicted molar refractivity (Wildman–Crippen MR) is 109 cm³/mol. The third-order valence-electron chi connectivity index (χ3n) is 6.57. The number of nitrogens with one attached hydrogen (secondary N) is 1. The van der Waals surface area contributed by atoms with Crippen molar-refractivity contribution in [1.29, 1.82) is 0 Å². The van der Waals surface area contributed by atoms with Gasteiger partial charge in [-0.1, -0.05) is 13.8 Å². The number of thioether (sulfide) groups is 1. The Kier molecular flexibility index (Phi) is 5.62. The lowest BCUT2D eigenvalue weighted by atomic mass is 9.70. The van der Waals surface area contributed by atoms with Crippen molar-refractivity contribution in [3.8, 4) is 0 Å². The van der Waals surface area contributed by atoms with Gasteiger partial charge < -0.3 is 5.11 Å². The summed E-state index contributed by atoms with van der Waals surface area (Å²) in [7, 11) is 0. The van der Waals surface area contributed by atoms with E-state index in [0.717, 1.165) is 36.8 Å². The highest BCUT2D eigenvalue weighted by Crippen LogP contribution is 2.65. The molecule has 0 unspecified atom stereocenters. The number of nitro benzene ring substituents is 2. The van der Waals surface area contributed by atoms with E-state index < -0.39 is 9.85 Å². The number of benzene rings is 1. The van der Waals surface area contributed by atoms with E-state index in [1.54, 1.807) is 11.8 Å². The number of aliphatic hydroxyl groups is 1. The minimum Gasteiger partial charge on any atom is -0.396 e. The minimum absolute atomic E-state index is 0.0642. The summed E-state index contributed by atoms with van der Waals surface area (Å²) in [6, 6.07) is 3.50. The number of nitrogens with zero attached hydrogens (tertiary/aromatic N) is 3. The van der Waals surface area contributed by atoms with Gasteiger partial charge in [0.25, 0.3) is 5.69 Å². The number of aliphatic hydroxyl groups excluding tert-OH is 1. The molecule has 0 spiro atoms. The first-order valence-electron chi connectivity index (χ1n) is 9.17. The zero-order valence-electron chi connectivity index (χ0n) is 15.9. The van der Waals surface area contributed by atoms with Gasteiger partial charge in [-0.25, -0.2) is 0 Å². The second-order valence-corrected chi connectivity index (χ2v) is 8.96. The molecule has 3 atom stereocenters. The highest BCUT2D eigenvalue weighted by molar-refractivity contribution is 7.99. The van der Waals surface area contributed by atoms with Crippen molar-refractivity contribution < 1.29 is 15.0 Å². The van der Waals surface area contributed by atoms with Crippen molar-refractivity contribution in [2.75, 3.05) is 23.5 Å². The van der Waals surface area contributed by atoms with Gasteiger partial charge in [-0.15, -0.1) is 0 Å². The first-order chi connectivity index (χ1) is 13.2. The van der Waals surface area contributed by atoms with Crippen molar-refractivity contribution in [2.24, 2.45) is 21.8 Å². The van der Waals surface area contributed by atoms with Crippen LogP contribution in [0.25, 0.3) is 0 Å². The van der Waals surface area contributed by atoms with Crippen molar-refractivity contribution >= 4 is 34.5 Å². The number of non-ortho nitro benzene ring substituents is 1. The van der Waals surface area contributed by atoms with Crippen LogP contribution >= 0.6 is 11.8 Å². The molecule has 9 nitrogen and oxygen atoms in total.